The van der Waals surface area contributed by atoms with E-state index in [4.69, 9.17) is 16.5 Å². The molecule has 0 radical (unpaired) electrons. The van der Waals surface area contributed by atoms with E-state index in [-0.39, 0.29) is 5.56 Å². The fourth-order valence-corrected chi connectivity index (χ4v) is 4.60. The van der Waals surface area contributed by atoms with Crippen LogP contribution in [-0.4, -0.2) is 0 Å². The summed E-state index contributed by atoms with van der Waals surface area (Å²) in [7, 11) is 1.82. The van der Waals surface area contributed by atoms with E-state index in [1.165, 1.54) is 0 Å². The van der Waals surface area contributed by atoms with Crippen LogP contribution in [0.1, 0.15) is 41.9 Å². The molecule has 0 aliphatic rings. The minimum atomic E-state index is -2.34. The highest BCUT2D eigenvalue weighted by molar-refractivity contribution is 6.15. The number of rotatable bonds is 3. The third-order valence-electron chi connectivity index (χ3n) is 6.25. The van der Waals surface area contributed by atoms with Crippen molar-refractivity contribution in [1.82, 2.24) is 0 Å². The second-order valence-electron chi connectivity index (χ2n) is 8.65. The van der Waals surface area contributed by atoms with Crippen molar-refractivity contribution in [1.29, 1.82) is 0 Å². The number of furan rings is 1. The first-order valence-electron chi connectivity index (χ1n) is 12.9. The lowest BCUT2D eigenvalue weighted by Crippen LogP contribution is -2.32. The van der Waals surface area contributed by atoms with Gasteiger partial charge in [-0.15, -0.1) is 0 Å². The van der Waals surface area contributed by atoms with Gasteiger partial charge in [0.25, 0.3) is 0 Å². The Kier molecular flexibility index (Phi) is 4.00. The highest BCUT2D eigenvalue weighted by Gasteiger charge is 2.24. The molecule has 3 aromatic carbocycles. The Bertz CT molecular complexity index is 1720. The average molecular weight is 436 g/mol. The van der Waals surface area contributed by atoms with E-state index in [0.717, 1.165) is 38.7 Å². The van der Waals surface area contributed by atoms with Gasteiger partial charge in [0, 0.05) is 33.4 Å². The van der Waals surface area contributed by atoms with Gasteiger partial charge in [0.05, 0.1) is 12.1 Å². The standard InChI is InChI=1S/C30H27N2O/c1-18(2)24-16-26(32(6)17-20(24)4)27-19(3)12-13-22-23-14-15-25(31-5)28(30(23)33-29(22)27)21-10-8-7-9-11-21/h7-18H,1-4,6H3/q+1/i4D3,18D. The zero-order chi connectivity index (χ0) is 26.7. The zero-order valence-electron chi connectivity index (χ0n) is 23.2. The van der Waals surface area contributed by atoms with Gasteiger partial charge in [-0.3, -0.25) is 0 Å². The highest BCUT2D eigenvalue weighted by atomic mass is 16.3. The minimum Gasteiger partial charge on any atom is -0.456 e. The van der Waals surface area contributed by atoms with Crippen molar-refractivity contribution in [3.63, 3.8) is 0 Å². The fourth-order valence-electron chi connectivity index (χ4n) is 4.60. The zero-order valence-corrected chi connectivity index (χ0v) is 19.2. The molecule has 0 amide bonds. The van der Waals surface area contributed by atoms with Crippen LogP contribution in [0.5, 0.6) is 0 Å². The molecule has 0 bridgehead atoms. The van der Waals surface area contributed by atoms with Crippen LogP contribution in [0.3, 0.4) is 0 Å². The molecule has 0 aliphatic heterocycles. The summed E-state index contributed by atoms with van der Waals surface area (Å²) in [6.07, 6.45) is 1.61. The lowest BCUT2D eigenvalue weighted by Gasteiger charge is -2.12. The van der Waals surface area contributed by atoms with Crippen molar-refractivity contribution in [3.8, 4) is 22.4 Å². The molecule has 3 nitrogen and oxygen atoms in total. The fraction of sp³-hybridized carbons (Fsp3) is 0.200. The molecule has 2 heterocycles. The lowest BCUT2D eigenvalue weighted by atomic mass is 9.94. The third-order valence-corrected chi connectivity index (χ3v) is 6.25. The van der Waals surface area contributed by atoms with E-state index in [1.807, 2.05) is 74.6 Å². The van der Waals surface area contributed by atoms with Gasteiger partial charge in [-0.2, -0.15) is 0 Å². The first-order valence-corrected chi connectivity index (χ1v) is 10.9. The van der Waals surface area contributed by atoms with Gasteiger partial charge >= 0.3 is 0 Å². The van der Waals surface area contributed by atoms with Crippen molar-refractivity contribution >= 4 is 27.6 Å². The van der Waals surface area contributed by atoms with Crippen LogP contribution in [-0.2, 0) is 7.05 Å². The predicted molar refractivity (Wildman–Crippen MR) is 136 cm³/mol. The molecule has 0 saturated carbocycles. The molecule has 0 unspecified atom stereocenters. The molecule has 0 fully saturated rings. The maximum absolute atomic E-state index is 8.69. The topological polar surface area (TPSA) is 21.4 Å². The molecular weight excluding hydrogens is 404 g/mol. The van der Waals surface area contributed by atoms with Gasteiger partial charge in [-0.1, -0.05) is 68.4 Å². The molecule has 33 heavy (non-hydrogen) atoms. The van der Waals surface area contributed by atoms with Crippen LogP contribution >= 0.6 is 0 Å². The Morgan fingerprint density at radius 1 is 0.970 bits per heavy atom. The second-order valence-corrected chi connectivity index (χ2v) is 8.65. The highest BCUT2D eigenvalue weighted by Crippen LogP contribution is 2.44. The number of fused-ring (bicyclic) bond motifs is 3. The van der Waals surface area contributed by atoms with Crippen molar-refractivity contribution in [2.24, 2.45) is 7.05 Å². The van der Waals surface area contributed by atoms with Crippen LogP contribution in [0.4, 0.5) is 5.69 Å². The Balaban J connectivity index is 1.89. The summed E-state index contributed by atoms with van der Waals surface area (Å²) in [6, 6.07) is 19.4. The van der Waals surface area contributed by atoms with E-state index >= 15 is 0 Å². The summed E-state index contributed by atoms with van der Waals surface area (Å²) in [6.45, 7) is 10.8. The van der Waals surface area contributed by atoms with Crippen molar-refractivity contribution in [3.05, 3.63) is 95.0 Å². The van der Waals surface area contributed by atoms with E-state index in [0.29, 0.717) is 22.4 Å². The molecule has 5 aromatic rings. The summed E-state index contributed by atoms with van der Waals surface area (Å²) in [5.74, 6) is -1.12. The summed E-state index contributed by atoms with van der Waals surface area (Å²) in [5.41, 5.74) is 6.66. The number of hydrogen-bond donors (Lipinski definition) is 0. The minimum absolute atomic E-state index is 0.168. The molecule has 0 aliphatic carbocycles. The summed E-state index contributed by atoms with van der Waals surface area (Å²) >= 11 is 0. The summed E-state index contributed by atoms with van der Waals surface area (Å²) in [4.78, 5) is 3.76. The number of aryl methyl sites for hydroxylation is 3. The molecule has 0 spiro atoms. The quantitative estimate of drug-likeness (QED) is 0.208. The molecule has 5 rings (SSSR count). The predicted octanol–water partition coefficient (Wildman–Crippen LogP) is 8.04. The van der Waals surface area contributed by atoms with Gasteiger partial charge < -0.3 is 4.42 Å². The Morgan fingerprint density at radius 3 is 2.33 bits per heavy atom. The largest absolute Gasteiger partial charge is 0.456 e. The van der Waals surface area contributed by atoms with Crippen LogP contribution in [0.15, 0.2) is 71.3 Å². The molecule has 0 atom stereocenters. The third kappa shape index (κ3) is 3.31. The van der Waals surface area contributed by atoms with Gasteiger partial charge in [0.1, 0.15) is 18.2 Å². The van der Waals surface area contributed by atoms with Crippen molar-refractivity contribution in [2.45, 2.75) is 33.5 Å². The van der Waals surface area contributed by atoms with Gasteiger partial charge in [-0.25, -0.2) is 9.41 Å². The van der Waals surface area contributed by atoms with Crippen LogP contribution in [0.2, 0.25) is 0 Å². The van der Waals surface area contributed by atoms with Gasteiger partial charge in [-0.05, 0) is 36.4 Å². The Labute approximate surface area is 200 Å². The molecule has 0 N–H and O–H groups in total. The number of aromatic nitrogens is 1. The monoisotopic (exact) mass is 435 g/mol. The molecular formula is C30H27N2O+. The normalized spacial score (nSPS) is 13.9. The summed E-state index contributed by atoms with van der Waals surface area (Å²) < 4.78 is 41.2. The molecule has 162 valence electrons. The number of nitrogens with zero attached hydrogens (tertiary/aromatic N) is 2. The van der Waals surface area contributed by atoms with Crippen LogP contribution in [0.25, 0.3) is 49.2 Å². The van der Waals surface area contributed by atoms with E-state index in [1.54, 1.807) is 24.6 Å². The molecule has 3 heteroatoms. The van der Waals surface area contributed by atoms with Crippen LogP contribution < -0.4 is 4.57 Å². The number of benzene rings is 3. The van der Waals surface area contributed by atoms with E-state index in [2.05, 4.69) is 4.85 Å². The second kappa shape index (κ2) is 7.90. The van der Waals surface area contributed by atoms with Crippen molar-refractivity contribution < 1.29 is 14.5 Å². The lowest BCUT2D eigenvalue weighted by molar-refractivity contribution is -0.660. The maximum atomic E-state index is 8.69. The van der Waals surface area contributed by atoms with Gasteiger partial charge in [0.2, 0.25) is 5.69 Å². The Morgan fingerprint density at radius 2 is 1.67 bits per heavy atom. The first kappa shape index (κ1) is 16.7. The van der Waals surface area contributed by atoms with Gasteiger partial charge in [0.15, 0.2) is 11.9 Å². The summed E-state index contributed by atoms with van der Waals surface area (Å²) in [5, 5.41) is 1.82. The van der Waals surface area contributed by atoms with E-state index in [9.17, 15) is 0 Å². The number of pyridine rings is 1. The maximum Gasteiger partial charge on any atom is 0.216 e. The first-order chi connectivity index (χ1) is 17.4. The SMILES string of the molecule is [2H]C([2H])([2H])c1c[n+](C)c(-c2c(C)ccc3c2oc2c(-c4ccccc4)c([N+]#[C-])ccc23)cc1C([2H])(C)C. The molecule has 2 aromatic heterocycles. The van der Waals surface area contributed by atoms with Crippen molar-refractivity contribution in [2.75, 3.05) is 0 Å². The van der Waals surface area contributed by atoms with Crippen LogP contribution in [0, 0.1) is 20.3 Å². The number of hydrogen-bond acceptors (Lipinski definition) is 1. The Hall–Kier alpha value is -3.90. The molecule has 0 saturated heterocycles. The smallest absolute Gasteiger partial charge is 0.216 e. The van der Waals surface area contributed by atoms with E-state index < -0.39 is 12.7 Å². The average Bonchev–Trinajstić information content (AvgIpc) is 3.21.